The molecule has 0 fully saturated rings. The molecule has 8 aromatic carbocycles. The second kappa shape index (κ2) is 14.4. The van der Waals surface area contributed by atoms with Crippen molar-refractivity contribution in [2.75, 3.05) is 4.90 Å². The van der Waals surface area contributed by atoms with Gasteiger partial charge in [0.1, 0.15) is 5.69 Å². The molecule has 2 heterocycles. The van der Waals surface area contributed by atoms with E-state index in [-0.39, 0.29) is 0 Å². The van der Waals surface area contributed by atoms with E-state index >= 15 is 0 Å². The summed E-state index contributed by atoms with van der Waals surface area (Å²) in [5, 5.41) is 7.71. The molecule has 0 atom stereocenters. The van der Waals surface area contributed by atoms with E-state index < -0.39 is 0 Å². The van der Waals surface area contributed by atoms with Crippen molar-refractivity contribution in [2.45, 2.75) is 0 Å². The maximum atomic E-state index is 5.44. The molecule has 0 amide bonds. The smallest absolute Gasteiger partial charge is 0.101 e. The van der Waals surface area contributed by atoms with Gasteiger partial charge in [0, 0.05) is 38.8 Å². The van der Waals surface area contributed by atoms with E-state index in [1.165, 1.54) is 22.3 Å². The predicted molar refractivity (Wildman–Crippen MR) is 235 cm³/mol. The lowest BCUT2D eigenvalue weighted by Gasteiger charge is -2.27. The summed E-state index contributed by atoms with van der Waals surface area (Å²) in [5.74, 6) is 0. The number of hydrogen-bond donors (Lipinski definition) is 0. The summed E-state index contributed by atoms with van der Waals surface area (Å²) in [7, 11) is 0. The number of anilines is 3. The number of hydrogen-bond acceptors (Lipinski definition) is 2. The van der Waals surface area contributed by atoms with Crippen molar-refractivity contribution in [2.24, 2.45) is 0 Å². The first-order valence-corrected chi connectivity index (χ1v) is 19.1. The number of aromatic nitrogens is 2. The van der Waals surface area contributed by atoms with Gasteiger partial charge < -0.3 is 4.90 Å². The monoisotopic (exact) mass is 715 g/mol. The normalized spacial score (nSPS) is 11.2. The Balaban J connectivity index is 1.19. The largest absolute Gasteiger partial charge is 0.310 e. The quantitative estimate of drug-likeness (QED) is 0.156. The first kappa shape index (κ1) is 33.1. The summed E-state index contributed by atoms with van der Waals surface area (Å²) in [6, 6.07) is 79.9. The van der Waals surface area contributed by atoms with Crippen LogP contribution in [0, 0.1) is 0 Å². The Hall–Kier alpha value is -7.49. The molecule has 0 saturated heterocycles. The molecule has 0 aliphatic carbocycles. The van der Waals surface area contributed by atoms with Crippen molar-refractivity contribution in [3.05, 3.63) is 224 Å². The molecule has 0 aliphatic heterocycles. The Labute approximate surface area is 327 Å². The molecule has 0 bridgehead atoms. The van der Waals surface area contributed by atoms with E-state index in [9.17, 15) is 0 Å². The average Bonchev–Trinajstić information content (AvgIpc) is 3.70. The van der Waals surface area contributed by atoms with Gasteiger partial charge in [0.25, 0.3) is 0 Å². The van der Waals surface area contributed by atoms with Gasteiger partial charge in [0.05, 0.1) is 16.9 Å². The van der Waals surface area contributed by atoms with Gasteiger partial charge in [0.2, 0.25) is 0 Å². The second-order valence-electron chi connectivity index (χ2n) is 14.0. The van der Waals surface area contributed by atoms with Crippen LogP contribution in [0.15, 0.2) is 224 Å². The molecule has 0 unspecified atom stereocenters. The highest BCUT2D eigenvalue weighted by Crippen LogP contribution is 2.45. The van der Waals surface area contributed by atoms with Crippen LogP contribution in [0.3, 0.4) is 0 Å². The highest BCUT2D eigenvalue weighted by Gasteiger charge is 2.24. The van der Waals surface area contributed by atoms with Gasteiger partial charge in [-0.1, -0.05) is 188 Å². The third-order valence-corrected chi connectivity index (χ3v) is 10.6. The van der Waals surface area contributed by atoms with E-state index in [1.807, 2.05) is 0 Å². The molecule has 0 aliphatic rings. The number of benzene rings is 8. The summed E-state index contributed by atoms with van der Waals surface area (Å²) in [5.41, 5.74) is 15.5. The molecule has 10 rings (SSSR count). The minimum atomic E-state index is 0.958. The van der Waals surface area contributed by atoms with Crippen molar-refractivity contribution in [1.29, 1.82) is 0 Å². The zero-order chi connectivity index (χ0) is 37.3. The fraction of sp³-hybridized carbons (Fsp3) is 0. The van der Waals surface area contributed by atoms with Crippen molar-refractivity contribution in [1.82, 2.24) is 9.61 Å². The Morgan fingerprint density at radius 1 is 0.339 bits per heavy atom. The minimum absolute atomic E-state index is 0.958. The van der Waals surface area contributed by atoms with Crippen molar-refractivity contribution in [3.63, 3.8) is 0 Å². The van der Waals surface area contributed by atoms with Crippen LogP contribution in [0.25, 0.3) is 72.2 Å². The molecule has 10 aromatic rings. The average molecular weight is 716 g/mol. The molecule has 0 N–H and O–H groups in total. The number of pyridine rings is 1. The van der Waals surface area contributed by atoms with Crippen LogP contribution in [-0.2, 0) is 0 Å². The molecule has 3 nitrogen and oxygen atoms in total. The summed E-state index contributed by atoms with van der Waals surface area (Å²) in [6.07, 6.45) is 0. The highest BCUT2D eigenvalue weighted by molar-refractivity contribution is 6.13. The maximum absolute atomic E-state index is 5.44. The van der Waals surface area contributed by atoms with Crippen LogP contribution in [0.4, 0.5) is 17.1 Å². The molecule has 0 radical (unpaired) electrons. The Morgan fingerprint density at radius 3 is 1.36 bits per heavy atom. The lowest BCUT2D eigenvalue weighted by Crippen LogP contribution is -2.10. The third kappa shape index (κ3) is 6.02. The van der Waals surface area contributed by atoms with E-state index in [2.05, 4.69) is 234 Å². The van der Waals surface area contributed by atoms with Crippen molar-refractivity contribution in [3.8, 4) is 55.9 Å². The zero-order valence-corrected chi connectivity index (χ0v) is 30.7. The lowest BCUT2D eigenvalue weighted by atomic mass is 9.96. The van der Waals surface area contributed by atoms with Crippen LogP contribution < -0.4 is 4.90 Å². The van der Waals surface area contributed by atoms with Crippen molar-refractivity contribution >= 4 is 33.4 Å². The maximum Gasteiger partial charge on any atom is 0.101 e. The first-order valence-electron chi connectivity index (χ1n) is 19.1. The van der Waals surface area contributed by atoms with Gasteiger partial charge in [-0.25, -0.2) is 4.52 Å². The van der Waals surface area contributed by atoms with Gasteiger partial charge in [-0.05, 0) is 64.2 Å². The highest BCUT2D eigenvalue weighted by atomic mass is 15.2. The van der Waals surface area contributed by atoms with E-state index in [4.69, 9.17) is 5.10 Å². The fourth-order valence-electron chi connectivity index (χ4n) is 7.93. The number of nitrogens with zero attached hydrogens (tertiary/aromatic N) is 3. The van der Waals surface area contributed by atoms with Gasteiger partial charge in [-0.15, -0.1) is 0 Å². The van der Waals surface area contributed by atoms with E-state index in [0.29, 0.717) is 0 Å². The van der Waals surface area contributed by atoms with E-state index in [1.54, 1.807) is 0 Å². The molecule has 0 spiro atoms. The summed E-state index contributed by atoms with van der Waals surface area (Å²) in [6.45, 7) is 0. The van der Waals surface area contributed by atoms with Crippen LogP contribution in [0.2, 0.25) is 0 Å². The third-order valence-electron chi connectivity index (χ3n) is 10.6. The van der Waals surface area contributed by atoms with Gasteiger partial charge >= 0.3 is 0 Å². The van der Waals surface area contributed by atoms with Crippen LogP contribution >= 0.6 is 0 Å². The molecule has 264 valence electrons. The Bertz CT molecular complexity index is 2900. The summed E-state index contributed by atoms with van der Waals surface area (Å²) >= 11 is 0. The van der Waals surface area contributed by atoms with Crippen LogP contribution in [0.5, 0.6) is 0 Å². The molecular weight excluding hydrogens is 679 g/mol. The number of fused-ring (bicyclic) bond motifs is 3. The predicted octanol–water partition coefficient (Wildman–Crippen LogP) is 14.3. The summed E-state index contributed by atoms with van der Waals surface area (Å²) in [4.78, 5) is 2.38. The second-order valence-corrected chi connectivity index (χ2v) is 14.0. The van der Waals surface area contributed by atoms with E-state index in [0.717, 1.165) is 67.0 Å². The number of rotatable bonds is 8. The van der Waals surface area contributed by atoms with Gasteiger partial charge in [-0.3, -0.25) is 0 Å². The van der Waals surface area contributed by atoms with Gasteiger partial charge in [-0.2, -0.15) is 5.10 Å². The first-order chi connectivity index (χ1) is 27.8. The molecule has 3 heteroatoms. The SMILES string of the molecule is c1ccc(-c2ccc(-c3ccc(N(c4ccccc4)c4cccc5c4cc(-c4ccccc4)n4nc(-c6ccccc6)c(-c6ccccc6)c54)cc3)cc2)cc1. The van der Waals surface area contributed by atoms with Crippen molar-refractivity contribution < 1.29 is 0 Å². The molecular formula is C53H37N3. The zero-order valence-electron chi connectivity index (χ0n) is 30.7. The summed E-state index contributed by atoms with van der Waals surface area (Å²) < 4.78 is 2.16. The minimum Gasteiger partial charge on any atom is -0.310 e. The number of para-hydroxylation sites is 1. The molecule has 2 aromatic heterocycles. The molecule has 0 saturated carbocycles. The molecule has 56 heavy (non-hydrogen) atoms. The van der Waals surface area contributed by atoms with Crippen LogP contribution in [0.1, 0.15) is 0 Å². The Morgan fingerprint density at radius 2 is 0.786 bits per heavy atom. The van der Waals surface area contributed by atoms with Crippen LogP contribution in [-0.4, -0.2) is 9.61 Å². The van der Waals surface area contributed by atoms with Gasteiger partial charge in [0.15, 0.2) is 0 Å². The topological polar surface area (TPSA) is 20.5 Å². The Kier molecular flexibility index (Phi) is 8.51. The standard InChI is InChI=1S/C53H37N3/c1-6-17-38(18-7-1)39-29-31-40(32-30-39)41-33-35-46(36-34-41)55(45-25-14-5-15-26-45)49-28-16-27-47-48(49)37-50(42-19-8-2-9-20-42)56-53(47)51(43-21-10-3-11-22-43)52(54-56)44-23-12-4-13-24-44/h1-37H. The fourth-order valence-corrected chi connectivity index (χ4v) is 7.93. The lowest BCUT2D eigenvalue weighted by molar-refractivity contribution is 0.979.